The van der Waals surface area contributed by atoms with Gasteiger partial charge in [-0.3, -0.25) is 14.4 Å². The molecule has 11 heteroatoms. The van der Waals surface area contributed by atoms with E-state index in [1.54, 1.807) is 72.8 Å². The van der Waals surface area contributed by atoms with Crippen LogP contribution in [-0.2, 0) is 4.79 Å². The van der Waals surface area contributed by atoms with E-state index in [0.717, 1.165) is 30.9 Å². The molecule has 0 aliphatic carbocycles. The highest BCUT2D eigenvalue weighted by atomic mass is 16.2. The number of aromatic amines is 1. The summed E-state index contributed by atoms with van der Waals surface area (Å²) < 4.78 is 0. The summed E-state index contributed by atoms with van der Waals surface area (Å²) in [5.41, 5.74) is 6.45. The van der Waals surface area contributed by atoms with Crippen LogP contribution in [0.25, 0.3) is 11.6 Å². The fourth-order valence-corrected chi connectivity index (χ4v) is 5.54. The molecule has 0 fully saturated rings. The Morgan fingerprint density at radius 2 is 1.49 bits per heavy atom. The number of urea groups is 1. The van der Waals surface area contributed by atoms with Crippen LogP contribution in [0.15, 0.2) is 72.8 Å². The average molecular weight is 634 g/mol. The third kappa shape index (κ3) is 7.77. The fraction of sp³-hybridized carbons (Fsp3) is 0.222. The Labute approximate surface area is 273 Å². The van der Waals surface area contributed by atoms with Crippen LogP contribution in [0.4, 0.5) is 27.5 Å². The molecule has 11 nitrogen and oxygen atoms in total. The number of fused-ring (bicyclic) bond motifs is 1. The van der Waals surface area contributed by atoms with Gasteiger partial charge in [0, 0.05) is 52.7 Å². The monoisotopic (exact) mass is 633 g/mol. The van der Waals surface area contributed by atoms with Crippen molar-refractivity contribution < 1.29 is 19.2 Å². The number of carbonyl (C=O) groups excluding carboxylic acids is 4. The summed E-state index contributed by atoms with van der Waals surface area (Å²) >= 11 is 0. The van der Waals surface area contributed by atoms with Crippen molar-refractivity contribution in [3.05, 3.63) is 106 Å². The van der Waals surface area contributed by atoms with Crippen LogP contribution in [0.2, 0.25) is 0 Å². The van der Waals surface area contributed by atoms with Crippen molar-refractivity contribution in [2.45, 2.75) is 27.7 Å². The van der Waals surface area contributed by atoms with Gasteiger partial charge in [0.15, 0.2) is 0 Å². The highest BCUT2D eigenvalue weighted by Crippen LogP contribution is 2.36. The van der Waals surface area contributed by atoms with Crippen molar-refractivity contribution in [3.8, 4) is 0 Å². The molecule has 1 aromatic heterocycles. The van der Waals surface area contributed by atoms with E-state index >= 15 is 0 Å². The summed E-state index contributed by atoms with van der Waals surface area (Å²) in [7, 11) is 0. The number of rotatable bonds is 11. The lowest BCUT2D eigenvalue weighted by atomic mass is 10.0. The van der Waals surface area contributed by atoms with Crippen molar-refractivity contribution in [2.75, 3.05) is 47.4 Å². The van der Waals surface area contributed by atoms with E-state index in [0.29, 0.717) is 57.3 Å². The molecule has 0 unspecified atom stereocenters. The summed E-state index contributed by atoms with van der Waals surface area (Å²) in [6.07, 6.45) is 1.75. The Morgan fingerprint density at radius 3 is 2.19 bits per heavy atom. The number of anilines is 4. The molecular weight excluding hydrogens is 594 g/mol. The number of benzene rings is 3. The van der Waals surface area contributed by atoms with Gasteiger partial charge in [-0.1, -0.05) is 44.2 Å². The maximum absolute atomic E-state index is 13.0. The van der Waals surface area contributed by atoms with Gasteiger partial charge >= 0.3 is 6.03 Å². The third-order valence-corrected chi connectivity index (χ3v) is 8.07. The topological polar surface area (TPSA) is 147 Å². The Hall–Kier alpha value is -5.68. The number of carbonyl (C=O) groups is 4. The summed E-state index contributed by atoms with van der Waals surface area (Å²) in [5.74, 6) is -0.690. The van der Waals surface area contributed by atoms with Crippen molar-refractivity contribution in [1.29, 1.82) is 0 Å². The van der Waals surface area contributed by atoms with Crippen molar-refractivity contribution in [3.63, 3.8) is 0 Å². The third-order valence-electron chi connectivity index (χ3n) is 8.07. The second-order valence-electron chi connectivity index (χ2n) is 11.2. The van der Waals surface area contributed by atoms with Crippen LogP contribution in [0.5, 0.6) is 0 Å². The van der Waals surface area contributed by atoms with Crippen LogP contribution < -0.4 is 26.6 Å². The molecule has 0 atom stereocenters. The highest BCUT2D eigenvalue weighted by Gasteiger charge is 2.26. The first-order valence-electron chi connectivity index (χ1n) is 15.6. The van der Waals surface area contributed by atoms with Crippen molar-refractivity contribution in [2.24, 2.45) is 0 Å². The molecule has 1 aliphatic rings. The number of hydrogen-bond acceptors (Lipinski definition) is 5. The number of likely N-dealkylation sites (N-methyl/N-ethyl adjacent to an activating group) is 1. The maximum Gasteiger partial charge on any atom is 0.323 e. The largest absolute Gasteiger partial charge is 0.358 e. The standard InChI is InChI=1S/C36H39N7O4/c1-5-43(6-2)18-17-37-35(46)32-22(3)30(38-23(32)4)21-29-28-16-15-27(20-31(28)42-34(29)45)41-36(47)40-26-14-10-13-25(19-26)39-33(44)24-11-8-7-9-12-24/h7-16,19-21,38H,5-6,17-18H2,1-4H3,(H,37,46)(H,39,44)(H,42,45)(H2,40,41,47)/b29-21-. The minimum Gasteiger partial charge on any atom is -0.358 e. The van der Waals surface area contributed by atoms with Gasteiger partial charge in [-0.05, 0) is 81.0 Å². The molecule has 5 rings (SSSR count). The molecule has 4 aromatic rings. The Bertz CT molecular complexity index is 1840. The van der Waals surface area contributed by atoms with E-state index < -0.39 is 6.03 Å². The number of nitrogens with one attached hydrogen (secondary N) is 6. The molecule has 0 radical (unpaired) electrons. The lowest BCUT2D eigenvalue weighted by Crippen LogP contribution is -2.35. The molecule has 2 heterocycles. The Morgan fingerprint density at radius 1 is 0.809 bits per heavy atom. The zero-order chi connectivity index (χ0) is 33.5. The number of hydrogen-bond donors (Lipinski definition) is 6. The number of H-pyrrole nitrogens is 1. The molecule has 47 heavy (non-hydrogen) atoms. The minimum absolute atomic E-state index is 0.151. The Balaban J connectivity index is 1.24. The first-order chi connectivity index (χ1) is 22.7. The molecule has 0 saturated carbocycles. The van der Waals surface area contributed by atoms with Crippen LogP contribution in [0, 0.1) is 13.8 Å². The normalized spacial score (nSPS) is 12.9. The molecule has 6 N–H and O–H groups in total. The van der Waals surface area contributed by atoms with Gasteiger partial charge in [0.25, 0.3) is 17.7 Å². The molecule has 5 amide bonds. The van der Waals surface area contributed by atoms with E-state index in [9.17, 15) is 19.2 Å². The summed E-state index contributed by atoms with van der Waals surface area (Å²) in [5, 5.41) is 14.3. The van der Waals surface area contributed by atoms with Gasteiger partial charge in [-0.25, -0.2) is 4.79 Å². The minimum atomic E-state index is -0.489. The molecule has 0 saturated heterocycles. The maximum atomic E-state index is 13.0. The molecule has 0 spiro atoms. The number of nitrogens with zero attached hydrogens (tertiary/aromatic N) is 1. The van der Waals surface area contributed by atoms with E-state index in [-0.39, 0.29) is 17.7 Å². The van der Waals surface area contributed by atoms with Crippen LogP contribution in [0.1, 0.15) is 57.1 Å². The van der Waals surface area contributed by atoms with Gasteiger partial charge in [-0.15, -0.1) is 0 Å². The van der Waals surface area contributed by atoms with E-state index in [1.807, 2.05) is 19.9 Å². The van der Waals surface area contributed by atoms with Gasteiger partial charge in [0.05, 0.1) is 16.8 Å². The SMILES string of the molecule is CCN(CC)CCNC(=O)c1c(C)[nH]c(/C=C2\C(=O)Nc3cc(NC(=O)Nc4cccc(NC(=O)c5ccccc5)c4)ccc32)c1C. The zero-order valence-corrected chi connectivity index (χ0v) is 26.9. The predicted molar refractivity (Wildman–Crippen MR) is 187 cm³/mol. The van der Waals surface area contributed by atoms with Gasteiger partial charge in [-0.2, -0.15) is 0 Å². The molecule has 242 valence electrons. The summed E-state index contributed by atoms with van der Waals surface area (Å²) in [6.45, 7) is 11.1. The number of amides is 5. The number of aromatic nitrogens is 1. The van der Waals surface area contributed by atoms with Crippen LogP contribution >= 0.6 is 0 Å². The quantitative estimate of drug-likeness (QED) is 0.111. The smallest absolute Gasteiger partial charge is 0.323 e. The first kappa shape index (κ1) is 32.7. The first-order valence-corrected chi connectivity index (χ1v) is 15.6. The summed E-state index contributed by atoms with van der Waals surface area (Å²) in [4.78, 5) is 56.8. The molecule has 0 bridgehead atoms. The van der Waals surface area contributed by atoms with E-state index in [1.165, 1.54) is 0 Å². The van der Waals surface area contributed by atoms with Gasteiger partial charge in [0.1, 0.15) is 0 Å². The lowest BCUT2D eigenvalue weighted by molar-refractivity contribution is -0.110. The molecular formula is C36H39N7O4. The second-order valence-corrected chi connectivity index (χ2v) is 11.2. The zero-order valence-electron chi connectivity index (χ0n) is 26.9. The van der Waals surface area contributed by atoms with Crippen molar-refractivity contribution in [1.82, 2.24) is 15.2 Å². The van der Waals surface area contributed by atoms with Crippen LogP contribution in [0.3, 0.4) is 0 Å². The molecule has 1 aliphatic heterocycles. The van der Waals surface area contributed by atoms with E-state index in [2.05, 4.69) is 50.3 Å². The van der Waals surface area contributed by atoms with Gasteiger partial charge in [0.2, 0.25) is 0 Å². The van der Waals surface area contributed by atoms with Gasteiger partial charge < -0.3 is 36.5 Å². The van der Waals surface area contributed by atoms with Crippen molar-refractivity contribution >= 4 is 58.2 Å². The number of aryl methyl sites for hydroxylation is 1. The fourth-order valence-electron chi connectivity index (χ4n) is 5.54. The predicted octanol–water partition coefficient (Wildman–Crippen LogP) is 6.09. The second kappa shape index (κ2) is 14.6. The summed E-state index contributed by atoms with van der Waals surface area (Å²) in [6, 6.07) is 20.4. The average Bonchev–Trinajstić information content (AvgIpc) is 3.52. The Kier molecular flexibility index (Phi) is 10.2. The molecule has 3 aromatic carbocycles. The highest BCUT2D eigenvalue weighted by molar-refractivity contribution is 6.35. The van der Waals surface area contributed by atoms with E-state index in [4.69, 9.17) is 0 Å². The lowest BCUT2D eigenvalue weighted by Gasteiger charge is -2.18. The van der Waals surface area contributed by atoms with Crippen LogP contribution in [-0.4, -0.2) is 59.8 Å².